The first-order chi connectivity index (χ1) is 9.63. The molecule has 0 spiro atoms. The highest BCUT2D eigenvalue weighted by Crippen LogP contribution is 2.59. The third-order valence-corrected chi connectivity index (χ3v) is 4.83. The predicted octanol–water partition coefficient (Wildman–Crippen LogP) is 3.14. The highest BCUT2D eigenvalue weighted by atomic mass is 16.5. The van der Waals surface area contributed by atoms with Crippen LogP contribution >= 0.6 is 0 Å². The Hall–Kier alpha value is -0.870. The van der Waals surface area contributed by atoms with E-state index in [1.165, 1.54) is 26.2 Å². The summed E-state index contributed by atoms with van der Waals surface area (Å²) < 4.78 is 6.16. The number of carboxylic acid groups (broad SMARTS) is 1. The molecular formula is C17H28O4. The van der Waals surface area contributed by atoms with Crippen LogP contribution in [-0.2, 0) is 9.53 Å². The second-order valence-electron chi connectivity index (χ2n) is 7.62. The van der Waals surface area contributed by atoms with E-state index >= 15 is 0 Å². The summed E-state index contributed by atoms with van der Waals surface area (Å²) in [7, 11) is 0. The summed E-state index contributed by atoms with van der Waals surface area (Å²) >= 11 is 0. The van der Waals surface area contributed by atoms with Crippen LogP contribution in [0.4, 0.5) is 0 Å². The Balaban J connectivity index is 0.000000232. The summed E-state index contributed by atoms with van der Waals surface area (Å²) in [6.45, 7) is 8.83. The zero-order valence-corrected chi connectivity index (χ0v) is 13.4. The molecule has 4 saturated carbocycles. The fourth-order valence-corrected chi connectivity index (χ4v) is 4.77. The SMILES string of the molecule is C=C(C)C(=O)O.CC(C)OC12CC3CC(CC(O)(C3)C1)C2. The van der Waals surface area contributed by atoms with Crippen molar-refractivity contribution in [2.75, 3.05) is 0 Å². The molecule has 4 aliphatic rings. The molecule has 0 radical (unpaired) electrons. The average Bonchev–Trinajstić information content (AvgIpc) is 2.23. The minimum atomic E-state index is -0.935. The zero-order chi connectivity index (χ0) is 15.8. The molecule has 0 amide bonds. The molecule has 4 fully saturated rings. The normalized spacial score (nSPS) is 39.9. The van der Waals surface area contributed by atoms with Gasteiger partial charge in [0.05, 0.1) is 17.3 Å². The lowest BCUT2D eigenvalue weighted by Crippen LogP contribution is -2.60. The summed E-state index contributed by atoms with van der Waals surface area (Å²) in [4.78, 5) is 9.60. The molecule has 4 aliphatic carbocycles. The summed E-state index contributed by atoms with van der Waals surface area (Å²) in [5, 5.41) is 18.4. The number of carboxylic acids is 1. The number of aliphatic hydroxyl groups is 1. The van der Waals surface area contributed by atoms with Crippen molar-refractivity contribution in [2.24, 2.45) is 11.8 Å². The van der Waals surface area contributed by atoms with Crippen LogP contribution in [0.2, 0.25) is 0 Å². The number of rotatable bonds is 3. The summed E-state index contributed by atoms with van der Waals surface area (Å²) in [5.74, 6) is 0.528. The van der Waals surface area contributed by atoms with Crippen molar-refractivity contribution in [3.8, 4) is 0 Å². The van der Waals surface area contributed by atoms with E-state index < -0.39 is 5.97 Å². The third kappa shape index (κ3) is 3.86. The Morgan fingerprint density at radius 2 is 1.71 bits per heavy atom. The maximum absolute atomic E-state index is 10.5. The lowest BCUT2D eigenvalue weighted by atomic mass is 9.52. The molecule has 0 heterocycles. The fraction of sp³-hybridized carbons (Fsp3) is 0.824. The molecule has 2 N–H and O–H groups in total. The van der Waals surface area contributed by atoms with Crippen LogP contribution in [0.1, 0.15) is 59.3 Å². The molecule has 4 heteroatoms. The largest absolute Gasteiger partial charge is 0.478 e. The first kappa shape index (κ1) is 16.5. The van der Waals surface area contributed by atoms with Crippen LogP contribution in [-0.4, -0.2) is 33.5 Å². The van der Waals surface area contributed by atoms with Gasteiger partial charge in [-0.2, -0.15) is 0 Å². The summed E-state index contributed by atoms with van der Waals surface area (Å²) in [6.07, 6.45) is 6.99. The van der Waals surface area contributed by atoms with Crippen molar-refractivity contribution in [3.63, 3.8) is 0 Å². The molecule has 2 unspecified atom stereocenters. The number of hydrogen-bond donors (Lipinski definition) is 2. The Kier molecular flexibility index (Phi) is 4.50. The van der Waals surface area contributed by atoms with Gasteiger partial charge in [-0.15, -0.1) is 0 Å². The van der Waals surface area contributed by atoms with E-state index in [0.717, 1.165) is 31.1 Å². The van der Waals surface area contributed by atoms with Gasteiger partial charge in [-0.1, -0.05) is 6.58 Å². The Bertz CT molecular complexity index is 395. The van der Waals surface area contributed by atoms with Gasteiger partial charge in [0.15, 0.2) is 0 Å². The standard InChI is InChI=1S/C13H22O2.C4H6O2/c1-9(2)15-13-6-10-3-11(7-13)5-12(14,4-10)8-13;1-3(2)4(5)6/h9-11,14H,3-8H2,1-2H3;1H2,2H3,(H,5,6). The van der Waals surface area contributed by atoms with Gasteiger partial charge in [-0.05, 0) is 64.7 Å². The highest BCUT2D eigenvalue weighted by Gasteiger charge is 2.58. The van der Waals surface area contributed by atoms with Crippen LogP contribution in [0.3, 0.4) is 0 Å². The molecule has 21 heavy (non-hydrogen) atoms. The first-order valence-electron chi connectivity index (χ1n) is 7.92. The van der Waals surface area contributed by atoms with Gasteiger partial charge in [0.1, 0.15) is 0 Å². The van der Waals surface area contributed by atoms with Crippen molar-refractivity contribution in [2.45, 2.75) is 76.6 Å². The quantitative estimate of drug-likeness (QED) is 0.785. The number of ether oxygens (including phenoxy) is 1. The van der Waals surface area contributed by atoms with Crippen LogP contribution in [0.25, 0.3) is 0 Å². The third-order valence-electron chi connectivity index (χ3n) is 4.83. The fourth-order valence-electron chi connectivity index (χ4n) is 4.77. The number of hydrogen-bond acceptors (Lipinski definition) is 3. The summed E-state index contributed by atoms with van der Waals surface area (Å²) in [5.41, 5.74) is -0.165. The smallest absolute Gasteiger partial charge is 0.330 e. The van der Waals surface area contributed by atoms with E-state index in [1.807, 2.05) is 0 Å². The van der Waals surface area contributed by atoms with Gasteiger partial charge < -0.3 is 14.9 Å². The average molecular weight is 296 g/mol. The van der Waals surface area contributed by atoms with Crippen molar-refractivity contribution in [1.82, 2.24) is 0 Å². The molecule has 0 aromatic heterocycles. The molecule has 2 atom stereocenters. The van der Waals surface area contributed by atoms with Crippen molar-refractivity contribution in [1.29, 1.82) is 0 Å². The van der Waals surface area contributed by atoms with E-state index in [0.29, 0.717) is 6.10 Å². The molecular weight excluding hydrogens is 268 g/mol. The topological polar surface area (TPSA) is 66.8 Å². The van der Waals surface area contributed by atoms with Crippen LogP contribution in [0, 0.1) is 11.8 Å². The van der Waals surface area contributed by atoms with Crippen LogP contribution in [0.15, 0.2) is 12.2 Å². The lowest BCUT2D eigenvalue weighted by Gasteiger charge is -2.60. The minimum absolute atomic E-state index is 0.0347. The van der Waals surface area contributed by atoms with Crippen molar-refractivity contribution >= 4 is 5.97 Å². The monoisotopic (exact) mass is 296 g/mol. The van der Waals surface area contributed by atoms with Gasteiger partial charge >= 0.3 is 5.97 Å². The second kappa shape index (κ2) is 5.73. The predicted molar refractivity (Wildman–Crippen MR) is 81.0 cm³/mol. The van der Waals surface area contributed by atoms with Crippen molar-refractivity contribution in [3.05, 3.63) is 12.2 Å². The van der Waals surface area contributed by atoms with E-state index in [2.05, 4.69) is 20.4 Å². The van der Waals surface area contributed by atoms with E-state index in [1.54, 1.807) is 0 Å². The molecule has 120 valence electrons. The molecule has 4 rings (SSSR count). The molecule has 4 nitrogen and oxygen atoms in total. The zero-order valence-electron chi connectivity index (χ0n) is 13.4. The van der Waals surface area contributed by atoms with Gasteiger partial charge in [0, 0.05) is 12.0 Å². The maximum Gasteiger partial charge on any atom is 0.330 e. The van der Waals surface area contributed by atoms with Gasteiger partial charge in [0.2, 0.25) is 0 Å². The van der Waals surface area contributed by atoms with Crippen LogP contribution in [0.5, 0.6) is 0 Å². The van der Waals surface area contributed by atoms with Gasteiger partial charge in [-0.25, -0.2) is 4.79 Å². The lowest BCUT2D eigenvalue weighted by molar-refractivity contribution is -0.231. The van der Waals surface area contributed by atoms with E-state index in [4.69, 9.17) is 9.84 Å². The highest BCUT2D eigenvalue weighted by molar-refractivity contribution is 5.84. The van der Waals surface area contributed by atoms with E-state index in [-0.39, 0.29) is 16.8 Å². The molecule has 0 aromatic carbocycles. The van der Waals surface area contributed by atoms with Crippen molar-refractivity contribution < 1.29 is 19.7 Å². The summed E-state index contributed by atoms with van der Waals surface area (Å²) in [6, 6.07) is 0. The molecule has 0 aromatic rings. The van der Waals surface area contributed by atoms with Gasteiger partial charge in [-0.3, -0.25) is 0 Å². The van der Waals surface area contributed by atoms with Crippen LogP contribution < -0.4 is 0 Å². The first-order valence-corrected chi connectivity index (χ1v) is 7.92. The van der Waals surface area contributed by atoms with E-state index in [9.17, 15) is 9.90 Å². The molecule has 4 bridgehead atoms. The van der Waals surface area contributed by atoms with Gasteiger partial charge in [0.25, 0.3) is 0 Å². The molecule has 0 saturated heterocycles. The molecule has 0 aliphatic heterocycles. The number of carbonyl (C=O) groups is 1. The second-order valence-corrected chi connectivity index (χ2v) is 7.62. The maximum atomic E-state index is 10.5. The minimum Gasteiger partial charge on any atom is -0.478 e. The Labute approximate surface area is 127 Å². The Morgan fingerprint density at radius 1 is 1.24 bits per heavy atom. The Morgan fingerprint density at radius 3 is 2.05 bits per heavy atom. The number of aliphatic carboxylic acids is 1.